The maximum Gasteiger partial charge on any atom is 0.138 e. The van der Waals surface area contributed by atoms with E-state index in [2.05, 4.69) is 35.9 Å². The summed E-state index contributed by atoms with van der Waals surface area (Å²) >= 11 is -2.25. The predicted molar refractivity (Wildman–Crippen MR) is 100 cm³/mol. The third-order valence-electron chi connectivity index (χ3n) is 4.72. The van der Waals surface area contributed by atoms with Crippen LogP contribution >= 0.6 is 0 Å². The number of aromatic nitrogens is 2. The second-order valence-electron chi connectivity index (χ2n) is 6.41. The van der Waals surface area contributed by atoms with Crippen LogP contribution in [0.1, 0.15) is 16.7 Å². The molecular formula is C20H17N2O2S-. The minimum absolute atomic E-state index is 0.290. The van der Waals surface area contributed by atoms with Gasteiger partial charge >= 0.3 is 0 Å². The number of aromatic amines is 1. The fraction of sp³-hybridized carbons (Fsp3) is 0.150. The molecule has 25 heavy (non-hydrogen) atoms. The van der Waals surface area contributed by atoms with Crippen LogP contribution in [0.5, 0.6) is 0 Å². The van der Waals surface area contributed by atoms with E-state index in [0.717, 1.165) is 44.2 Å². The Hall–Kier alpha value is -2.50. The number of nitrogens with zero attached hydrogens (tertiary/aromatic N) is 1. The summed E-state index contributed by atoms with van der Waals surface area (Å²) in [6.07, 6.45) is 1.85. The summed E-state index contributed by atoms with van der Waals surface area (Å²) in [5.74, 6) is 0. The topological polar surface area (TPSA) is 68.8 Å². The van der Waals surface area contributed by atoms with Gasteiger partial charge in [0, 0.05) is 21.9 Å². The largest absolute Gasteiger partial charge is 0.768 e. The van der Waals surface area contributed by atoms with Crippen LogP contribution in [0.15, 0.2) is 47.5 Å². The molecule has 2 aromatic carbocycles. The minimum atomic E-state index is -2.25. The SMILES string of the molecule is Cc1cnc2[nH]c3c(C)c(C)cc(-c4cccc(S(=O)[O-])c4)c3c2c1. The first-order valence-corrected chi connectivity index (χ1v) is 9.11. The zero-order valence-corrected chi connectivity index (χ0v) is 15.0. The van der Waals surface area contributed by atoms with E-state index in [0.29, 0.717) is 0 Å². The maximum atomic E-state index is 11.4. The van der Waals surface area contributed by atoms with E-state index in [9.17, 15) is 8.76 Å². The molecule has 126 valence electrons. The van der Waals surface area contributed by atoms with Gasteiger partial charge in [0.2, 0.25) is 0 Å². The molecule has 4 nitrogen and oxygen atoms in total. The van der Waals surface area contributed by atoms with Crippen LogP contribution in [0, 0.1) is 20.8 Å². The van der Waals surface area contributed by atoms with Gasteiger partial charge in [-0.1, -0.05) is 18.2 Å². The number of pyridine rings is 1. The fourth-order valence-electron chi connectivity index (χ4n) is 3.33. The van der Waals surface area contributed by atoms with Crippen molar-refractivity contribution in [3.63, 3.8) is 0 Å². The first-order valence-electron chi connectivity index (χ1n) is 8.03. The Balaban J connectivity index is 2.15. The number of fused-ring (bicyclic) bond motifs is 3. The van der Waals surface area contributed by atoms with Gasteiger partial charge in [0.15, 0.2) is 0 Å². The Morgan fingerprint density at radius 3 is 2.68 bits per heavy atom. The lowest BCUT2D eigenvalue weighted by molar-refractivity contribution is 0.537. The zero-order valence-electron chi connectivity index (χ0n) is 14.2. The smallest absolute Gasteiger partial charge is 0.138 e. The summed E-state index contributed by atoms with van der Waals surface area (Å²) in [5.41, 5.74) is 7.22. The minimum Gasteiger partial charge on any atom is -0.768 e. The van der Waals surface area contributed by atoms with Gasteiger partial charge in [-0.05, 0) is 77.9 Å². The molecule has 0 bridgehead atoms. The van der Waals surface area contributed by atoms with E-state index in [-0.39, 0.29) is 4.90 Å². The number of aryl methyl sites for hydroxylation is 3. The molecule has 2 heterocycles. The van der Waals surface area contributed by atoms with Crippen molar-refractivity contribution in [2.24, 2.45) is 0 Å². The van der Waals surface area contributed by atoms with E-state index in [1.165, 1.54) is 5.56 Å². The number of rotatable bonds is 2. The van der Waals surface area contributed by atoms with Gasteiger partial charge in [-0.2, -0.15) is 0 Å². The van der Waals surface area contributed by atoms with Crippen molar-refractivity contribution in [3.8, 4) is 11.1 Å². The molecule has 1 N–H and O–H groups in total. The molecule has 0 aliphatic rings. The Morgan fingerprint density at radius 1 is 1.12 bits per heavy atom. The number of hydrogen-bond donors (Lipinski definition) is 1. The predicted octanol–water partition coefficient (Wildman–Crippen LogP) is 4.55. The summed E-state index contributed by atoms with van der Waals surface area (Å²) in [6, 6.07) is 11.3. The molecule has 0 aliphatic carbocycles. The van der Waals surface area contributed by atoms with Crippen LogP contribution in [0.25, 0.3) is 33.1 Å². The molecule has 0 spiro atoms. The highest BCUT2D eigenvalue weighted by Crippen LogP contribution is 2.37. The first-order chi connectivity index (χ1) is 12.0. The third-order valence-corrected chi connectivity index (χ3v) is 5.36. The Morgan fingerprint density at radius 2 is 1.92 bits per heavy atom. The highest BCUT2D eigenvalue weighted by molar-refractivity contribution is 7.79. The Kier molecular flexibility index (Phi) is 3.71. The van der Waals surface area contributed by atoms with E-state index in [1.54, 1.807) is 18.2 Å². The Labute approximate surface area is 148 Å². The standard InChI is InChI=1S/C20H18N2O2S/c1-11-7-17-18-16(14-5-4-6-15(9-14)25(23)24)8-12(2)13(3)19(18)22-20(17)21-10-11/h4-10H,1-3H3,(H,21,22)(H,23,24)/p-1. The zero-order chi connectivity index (χ0) is 17.7. The average Bonchev–Trinajstić information content (AvgIpc) is 2.97. The average molecular weight is 349 g/mol. The van der Waals surface area contributed by atoms with Gasteiger partial charge < -0.3 is 9.54 Å². The number of benzene rings is 2. The molecule has 0 saturated carbocycles. The molecule has 0 fully saturated rings. The van der Waals surface area contributed by atoms with Crippen LogP contribution in [0.3, 0.4) is 0 Å². The van der Waals surface area contributed by atoms with Crippen molar-refractivity contribution in [2.45, 2.75) is 25.7 Å². The fourth-order valence-corrected chi connectivity index (χ4v) is 3.74. The van der Waals surface area contributed by atoms with Crippen molar-refractivity contribution in [1.29, 1.82) is 0 Å². The molecule has 4 aromatic rings. The van der Waals surface area contributed by atoms with Gasteiger partial charge in [-0.3, -0.25) is 4.21 Å². The molecule has 5 heteroatoms. The lowest BCUT2D eigenvalue weighted by Crippen LogP contribution is -1.91. The Bertz CT molecular complexity index is 1160. The highest BCUT2D eigenvalue weighted by Gasteiger charge is 2.15. The summed E-state index contributed by atoms with van der Waals surface area (Å²) in [4.78, 5) is 8.23. The van der Waals surface area contributed by atoms with Crippen molar-refractivity contribution < 1.29 is 8.76 Å². The highest BCUT2D eigenvalue weighted by atomic mass is 32.2. The molecular weight excluding hydrogens is 332 g/mol. The third kappa shape index (κ3) is 2.56. The van der Waals surface area contributed by atoms with Crippen molar-refractivity contribution in [2.75, 3.05) is 0 Å². The number of H-pyrrole nitrogens is 1. The molecule has 1 atom stereocenters. The van der Waals surface area contributed by atoms with Crippen LogP contribution in [-0.2, 0) is 11.1 Å². The number of hydrogen-bond acceptors (Lipinski definition) is 3. The van der Waals surface area contributed by atoms with Gasteiger partial charge in [-0.15, -0.1) is 0 Å². The summed E-state index contributed by atoms with van der Waals surface area (Å²) < 4.78 is 22.7. The van der Waals surface area contributed by atoms with E-state index < -0.39 is 11.1 Å². The monoisotopic (exact) mass is 349 g/mol. The van der Waals surface area contributed by atoms with E-state index >= 15 is 0 Å². The van der Waals surface area contributed by atoms with Crippen LogP contribution in [0.4, 0.5) is 0 Å². The van der Waals surface area contributed by atoms with E-state index in [4.69, 9.17) is 0 Å². The van der Waals surface area contributed by atoms with Crippen LogP contribution in [0.2, 0.25) is 0 Å². The quantitative estimate of drug-likeness (QED) is 0.540. The summed E-state index contributed by atoms with van der Waals surface area (Å²) in [5, 5.41) is 2.14. The second kappa shape index (κ2) is 5.79. The van der Waals surface area contributed by atoms with Gasteiger partial charge in [0.1, 0.15) is 5.65 Å². The normalized spacial score (nSPS) is 12.8. The number of nitrogens with one attached hydrogen (secondary N) is 1. The first kappa shape index (κ1) is 16.0. The van der Waals surface area contributed by atoms with Crippen LogP contribution < -0.4 is 0 Å². The van der Waals surface area contributed by atoms with Crippen LogP contribution in [-0.4, -0.2) is 18.7 Å². The van der Waals surface area contributed by atoms with Gasteiger partial charge in [-0.25, -0.2) is 4.98 Å². The summed E-state index contributed by atoms with van der Waals surface area (Å²) in [7, 11) is 0. The molecule has 0 saturated heterocycles. The van der Waals surface area contributed by atoms with Gasteiger partial charge in [0.25, 0.3) is 0 Å². The maximum absolute atomic E-state index is 11.4. The second-order valence-corrected chi connectivity index (χ2v) is 7.35. The van der Waals surface area contributed by atoms with Crippen molar-refractivity contribution in [1.82, 2.24) is 9.97 Å². The lowest BCUT2D eigenvalue weighted by atomic mass is 9.94. The van der Waals surface area contributed by atoms with Gasteiger partial charge in [0.05, 0.1) is 5.52 Å². The molecule has 0 amide bonds. The molecule has 2 aromatic heterocycles. The van der Waals surface area contributed by atoms with E-state index in [1.807, 2.05) is 19.2 Å². The molecule has 0 radical (unpaired) electrons. The lowest BCUT2D eigenvalue weighted by Gasteiger charge is -2.12. The van der Waals surface area contributed by atoms with Crippen molar-refractivity contribution >= 4 is 33.0 Å². The molecule has 1 unspecified atom stereocenters. The molecule has 4 rings (SSSR count). The van der Waals surface area contributed by atoms with Crippen molar-refractivity contribution in [3.05, 3.63) is 59.3 Å². The summed E-state index contributed by atoms with van der Waals surface area (Å²) in [6.45, 7) is 6.18. The molecule has 0 aliphatic heterocycles.